The van der Waals surface area contributed by atoms with Crippen LogP contribution in [0.4, 0.5) is 0 Å². The lowest BCUT2D eigenvalue weighted by Gasteiger charge is -1.99. The predicted molar refractivity (Wildman–Crippen MR) is 54.2 cm³/mol. The lowest BCUT2D eigenvalue weighted by Crippen LogP contribution is -2.10. The summed E-state index contributed by atoms with van der Waals surface area (Å²) in [7, 11) is 0. The molecule has 0 saturated heterocycles. The van der Waals surface area contributed by atoms with Gasteiger partial charge in [-0.05, 0) is 24.1 Å². The summed E-state index contributed by atoms with van der Waals surface area (Å²) in [6.45, 7) is 1.95. The zero-order chi connectivity index (χ0) is 10.8. The molecule has 6 heteroatoms. The fourth-order valence-corrected chi connectivity index (χ4v) is 1.32. The van der Waals surface area contributed by atoms with Gasteiger partial charge in [0, 0.05) is 0 Å². The number of hydrogen-bond donors (Lipinski definition) is 1. The van der Waals surface area contributed by atoms with E-state index in [2.05, 4.69) is 10.1 Å². The summed E-state index contributed by atoms with van der Waals surface area (Å²) in [6.07, 6.45) is 2.21. The average Bonchev–Trinajstić information content (AvgIpc) is 2.84. The van der Waals surface area contributed by atoms with Crippen LogP contribution >= 0.6 is 11.6 Å². The molecule has 2 aromatic rings. The number of aromatic nitrogens is 2. The highest BCUT2D eigenvalue weighted by Crippen LogP contribution is 2.27. The Hall–Kier alpha value is -1.33. The zero-order valence-corrected chi connectivity index (χ0v) is 8.86. The van der Waals surface area contributed by atoms with Crippen LogP contribution in [0.15, 0.2) is 21.3 Å². The number of rotatable bonds is 3. The Morgan fingerprint density at radius 1 is 1.60 bits per heavy atom. The maximum atomic E-state index is 5.77. The molecule has 2 N–H and O–H groups in total. The second kappa shape index (κ2) is 4.04. The minimum atomic E-state index is -0.215. The maximum Gasteiger partial charge on any atom is 0.262 e. The predicted octanol–water partition coefficient (Wildman–Crippen LogP) is 2.39. The molecule has 0 radical (unpaired) electrons. The molecule has 5 nitrogen and oxygen atoms in total. The summed E-state index contributed by atoms with van der Waals surface area (Å²) in [6, 6.07) is 1.45. The SMILES string of the molecule is CCC(N)c1noc(-c2ccoc2Cl)n1. The number of halogens is 1. The smallest absolute Gasteiger partial charge is 0.262 e. The third kappa shape index (κ3) is 1.88. The Bertz CT molecular complexity index is 452. The minimum Gasteiger partial charge on any atom is -0.452 e. The Morgan fingerprint density at radius 2 is 2.40 bits per heavy atom. The summed E-state index contributed by atoms with van der Waals surface area (Å²) >= 11 is 5.77. The van der Waals surface area contributed by atoms with E-state index in [-0.39, 0.29) is 11.3 Å². The molecular formula is C9H10ClN3O2. The van der Waals surface area contributed by atoms with E-state index in [1.807, 2.05) is 6.92 Å². The van der Waals surface area contributed by atoms with Gasteiger partial charge < -0.3 is 14.7 Å². The van der Waals surface area contributed by atoms with E-state index in [1.54, 1.807) is 6.07 Å². The summed E-state index contributed by atoms with van der Waals surface area (Å²) in [5.41, 5.74) is 6.34. The molecule has 0 saturated carbocycles. The molecule has 1 atom stereocenters. The van der Waals surface area contributed by atoms with Crippen LogP contribution in [-0.2, 0) is 0 Å². The Balaban J connectivity index is 2.32. The summed E-state index contributed by atoms with van der Waals surface area (Å²) < 4.78 is 9.95. The minimum absolute atomic E-state index is 0.215. The van der Waals surface area contributed by atoms with Crippen molar-refractivity contribution in [1.29, 1.82) is 0 Å². The monoisotopic (exact) mass is 227 g/mol. The lowest BCUT2D eigenvalue weighted by atomic mass is 10.2. The van der Waals surface area contributed by atoms with Crippen LogP contribution in [0.5, 0.6) is 0 Å². The zero-order valence-electron chi connectivity index (χ0n) is 8.11. The van der Waals surface area contributed by atoms with E-state index in [0.717, 1.165) is 6.42 Å². The molecule has 0 fully saturated rings. The second-order valence-electron chi connectivity index (χ2n) is 3.08. The van der Waals surface area contributed by atoms with Crippen molar-refractivity contribution in [1.82, 2.24) is 10.1 Å². The van der Waals surface area contributed by atoms with Crippen LogP contribution in [0, 0.1) is 0 Å². The van der Waals surface area contributed by atoms with Gasteiger partial charge >= 0.3 is 0 Å². The normalized spacial score (nSPS) is 13.0. The Morgan fingerprint density at radius 3 is 3.00 bits per heavy atom. The van der Waals surface area contributed by atoms with Gasteiger partial charge in [-0.1, -0.05) is 12.1 Å². The maximum absolute atomic E-state index is 5.77. The largest absolute Gasteiger partial charge is 0.452 e. The first kappa shape index (κ1) is 10.2. The van der Waals surface area contributed by atoms with Crippen LogP contribution in [0.1, 0.15) is 25.2 Å². The van der Waals surface area contributed by atoms with Crippen LogP contribution in [-0.4, -0.2) is 10.1 Å². The number of furan rings is 1. The fraction of sp³-hybridized carbons (Fsp3) is 0.333. The lowest BCUT2D eigenvalue weighted by molar-refractivity contribution is 0.414. The molecule has 15 heavy (non-hydrogen) atoms. The van der Waals surface area contributed by atoms with Gasteiger partial charge in [0.2, 0.25) is 5.22 Å². The molecule has 0 aliphatic heterocycles. The van der Waals surface area contributed by atoms with Gasteiger partial charge in [-0.3, -0.25) is 0 Å². The first-order valence-corrected chi connectivity index (χ1v) is 4.92. The number of nitrogens with two attached hydrogens (primary N) is 1. The quantitative estimate of drug-likeness (QED) is 0.871. The molecule has 2 rings (SSSR count). The van der Waals surface area contributed by atoms with E-state index >= 15 is 0 Å². The summed E-state index contributed by atoms with van der Waals surface area (Å²) in [5, 5.41) is 4.00. The molecule has 2 aromatic heterocycles. The van der Waals surface area contributed by atoms with Gasteiger partial charge in [-0.15, -0.1) is 0 Å². The van der Waals surface area contributed by atoms with Crippen molar-refractivity contribution in [2.75, 3.05) is 0 Å². The molecule has 0 amide bonds. The summed E-state index contributed by atoms with van der Waals surface area (Å²) in [4.78, 5) is 4.14. The Labute approximate surface area is 91.2 Å². The molecule has 2 heterocycles. The van der Waals surface area contributed by atoms with E-state index in [0.29, 0.717) is 17.3 Å². The van der Waals surface area contributed by atoms with E-state index in [9.17, 15) is 0 Å². The topological polar surface area (TPSA) is 78.1 Å². The van der Waals surface area contributed by atoms with Crippen LogP contribution in [0.3, 0.4) is 0 Å². The highest BCUT2D eigenvalue weighted by Gasteiger charge is 2.17. The van der Waals surface area contributed by atoms with Crippen LogP contribution < -0.4 is 5.73 Å². The van der Waals surface area contributed by atoms with Gasteiger partial charge in [0.25, 0.3) is 5.89 Å². The Kier molecular flexibility index (Phi) is 2.75. The van der Waals surface area contributed by atoms with Crippen molar-refractivity contribution in [2.45, 2.75) is 19.4 Å². The van der Waals surface area contributed by atoms with Crippen molar-refractivity contribution >= 4 is 11.6 Å². The molecule has 80 valence electrons. The first-order valence-electron chi connectivity index (χ1n) is 4.55. The van der Waals surface area contributed by atoms with Gasteiger partial charge in [0.15, 0.2) is 5.82 Å². The average molecular weight is 228 g/mol. The third-order valence-corrected chi connectivity index (χ3v) is 2.35. The van der Waals surface area contributed by atoms with Gasteiger partial charge in [-0.25, -0.2) is 0 Å². The van der Waals surface area contributed by atoms with Gasteiger partial charge in [-0.2, -0.15) is 4.98 Å². The molecule has 0 aliphatic rings. The van der Waals surface area contributed by atoms with Crippen LogP contribution in [0.2, 0.25) is 5.22 Å². The van der Waals surface area contributed by atoms with E-state index in [4.69, 9.17) is 26.3 Å². The molecule has 0 bridgehead atoms. The third-order valence-electron chi connectivity index (χ3n) is 2.06. The number of hydrogen-bond acceptors (Lipinski definition) is 5. The van der Waals surface area contributed by atoms with Gasteiger partial charge in [0.1, 0.15) is 0 Å². The van der Waals surface area contributed by atoms with Crippen LogP contribution in [0.25, 0.3) is 11.5 Å². The molecule has 0 spiro atoms. The molecular weight excluding hydrogens is 218 g/mol. The van der Waals surface area contributed by atoms with E-state index < -0.39 is 0 Å². The van der Waals surface area contributed by atoms with Crippen molar-refractivity contribution in [2.24, 2.45) is 5.73 Å². The molecule has 1 unspecified atom stereocenters. The van der Waals surface area contributed by atoms with E-state index in [1.165, 1.54) is 6.26 Å². The van der Waals surface area contributed by atoms with Crippen molar-refractivity contribution < 1.29 is 8.94 Å². The molecule has 0 aromatic carbocycles. The van der Waals surface area contributed by atoms with Crippen molar-refractivity contribution in [3.05, 3.63) is 23.4 Å². The summed E-state index contributed by atoms with van der Waals surface area (Å²) in [5.74, 6) is 0.803. The van der Waals surface area contributed by atoms with Crippen molar-refractivity contribution in [3.8, 4) is 11.5 Å². The highest BCUT2D eigenvalue weighted by molar-refractivity contribution is 6.31. The van der Waals surface area contributed by atoms with Gasteiger partial charge in [0.05, 0.1) is 17.9 Å². The second-order valence-corrected chi connectivity index (χ2v) is 3.42. The number of nitrogens with zero attached hydrogens (tertiary/aromatic N) is 2. The standard InChI is InChI=1S/C9H10ClN3O2/c1-2-6(11)8-12-9(15-13-8)5-3-4-14-7(5)10/h3-4,6H,2,11H2,1H3. The molecule has 0 aliphatic carbocycles. The fourth-order valence-electron chi connectivity index (χ4n) is 1.12. The van der Waals surface area contributed by atoms with Crippen molar-refractivity contribution in [3.63, 3.8) is 0 Å². The first-order chi connectivity index (χ1) is 7.22. The highest BCUT2D eigenvalue weighted by atomic mass is 35.5.